The fraction of sp³-hybridized carbons (Fsp3) is 0.185. The number of hydrogen-bond acceptors (Lipinski definition) is 5. The lowest BCUT2D eigenvalue weighted by atomic mass is 9.98. The highest BCUT2D eigenvalue weighted by atomic mass is 79.9. The molecule has 1 saturated heterocycles. The summed E-state index contributed by atoms with van der Waals surface area (Å²) >= 11 is 10.5. The highest BCUT2D eigenvalue weighted by Gasteiger charge is 2.42. The molecule has 2 amide bonds. The molecular formula is C27H22BrClN4O2S. The normalized spacial score (nSPS) is 19.7. The Labute approximate surface area is 227 Å². The van der Waals surface area contributed by atoms with Crippen LogP contribution in [0, 0.1) is 12.3 Å². The van der Waals surface area contributed by atoms with Crippen LogP contribution in [0.5, 0.6) is 0 Å². The van der Waals surface area contributed by atoms with Gasteiger partial charge in [0.25, 0.3) is 0 Å². The monoisotopic (exact) mass is 580 g/mol. The minimum absolute atomic E-state index is 0.0276. The molecule has 2 aliphatic rings. The number of rotatable bonds is 4. The Morgan fingerprint density at radius 3 is 2.33 bits per heavy atom. The zero-order chi connectivity index (χ0) is 25.4. The van der Waals surface area contributed by atoms with Gasteiger partial charge in [-0.05, 0) is 54.4 Å². The van der Waals surface area contributed by atoms with Gasteiger partial charge in [-0.1, -0.05) is 81.3 Å². The molecule has 2 heterocycles. The Balaban J connectivity index is 1.39. The van der Waals surface area contributed by atoms with E-state index in [0.717, 1.165) is 38.6 Å². The molecule has 3 aromatic carbocycles. The number of imide groups is 1. The highest BCUT2D eigenvalue weighted by molar-refractivity contribution is 9.10. The predicted octanol–water partition coefficient (Wildman–Crippen LogP) is 6.56. The number of amidine groups is 1. The number of amides is 2. The van der Waals surface area contributed by atoms with Gasteiger partial charge in [0.05, 0.1) is 17.4 Å². The molecule has 3 aromatic rings. The van der Waals surface area contributed by atoms with E-state index in [1.165, 1.54) is 4.90 Å². The summed E-state index contributed by atoms with van der Waals surface area (Å²) in [4.78, 5) is 27.0. The van der Waals surface area contributed by atoms with Crippen LogP contribution >= 0.6 is 39.3 Å². The van der Waals surface area contributed by atoms with Crippen molar-refractivity contribution >= 4 is 67.7 Å². The first-order valence-electron chi connectivity index (χ1n) is 11.4. The quantitative estimate of drug-likeness (QED) is 0.215. The highest BCUT2D eigenvalue weighted by Crippen LogP contribution is 2.38. The van der Waals surface area contributed by atoms with Crippen molar-refractivity contribution in [1.82, 2.24) is 5.01 Å². The minimum Gasteiger partial charge on any atom is -0.277 e. The van der Waals surface area contributed by atoms with E-state index in [9.17, 15) is 9.59 Å². The van der Waals surface area contributed by atoms with Crippen LogP contribution in [0.2, 0.25) is 5.02 Å². The lowest BCUT2D eigenvalue weighted by Gasteiger charge is -2.24. The summed E-state index contributed by atoms with van der Waals surface area (Å²) in [6.07, 6.45) is 0.655. The Morgan fingerprint density at radius 1 is 1.00 bits per heavy atom. The average Bonchev–Trinajstić information content (AvgIpc) is 3.42. The third-order valence-corrected chi connectivity index (χ3v) is 8.05. The number of aryl methyl sites for hydroxylation is 1. The molecule has 6 nitrogen and oxygen atoms in total. The third-order valence-electron chi connectivity index (χ3n) is 6.20. The summed E-state index contributed by atoms with van der Waals surface area (Å²) in [6.45, 7) is 2.04. The van der Waals surface area contributed by atoms with E-state index in [0.29, 0.717) is 17.1 Å². The van der Waals surface area contributed by atoms with Gasteiger partial charge in [-0.15, -0.1) is 0 Å². The number of hydrogen-bond donors (Lipinski definition) is 1. The van der Waals surface area contributed by atoms with Crippen molar-refractivity contribution in [2.45, 2.75) is 31.1 Å². The maximum absolute atomic E-state index is 13.2. The number of carbonyl (C=O) groups excluding carboxylic acids is 2. The maximum atomic E-state index is 13.2. The van der Waals surface area contributed by atoms with E-state index in [1.807, 2.05) is 55.5 Å². The van der Waals surface area contributed by atoms with Gasteiger partial charge >= 0.3 is 0 Å². The average molecular weight is 582 g/mol. The van der Waals surface area contributed by atoms with Crippen molar-refractivity contribution in [3.05, 3.63) is 99.0 Å². The molecule has 36 heavy (non-hydrogen) atoms. The maximum Gasteiger partial charge on any atom is 0.247 e. The lowest BCUT2D eigenvalue weighted by molar-refractivity contribution is -0.121. The third kappa shape index (κ3) is 4.98. The summed E-state index contributed by atoms with van der Waals surface area (Å²) in [5.74, 6) is -0.624. The number of thioether (sulfide) groups is 1. The second kappa shape index (κ2) is 10.2. The molecule has 1 N–H and O–H groups in total. The van der Waals surface area contributed by atoms with E-state index < -0.39 is 5.25 Å². The van der Waals surface area contributed by atoms with Gasteiger partial charge < -0.3 is 0 Å². The SMILES string of the molecule is Cc1ccc(C2=NN(C(=N)S[C@H]3CC(=O)N(c4ccc(Cl)cc4)C3=O)[C@@H](c3ccc(Br)cc3)C2)cc1. The van der Waals surface area contributed by atoms with Gasteiger partial charge in [-0.3, -0.25) is 15.0 Å². The van der Waals surface area contributed by atoms with Gasteiger partial charge in [0.2, 0.25) is 11.8 Å². The van der Waals surface area contributed by atoms with Crippen LogP contribution < -0.4 is 4.90 Å². The van der Waals surface area contributed by atoms with Crippen molar-refractivity contribution in [1.29, 1.82) is 5.41 Å². The Bertz CT molecular complexity index is 1360. The molecular weight excluding hydrogens is 560 g/mol. The molecule has 0 radical (unpaired) electrons. The van der Waals surface area contributed by atoms with Crippen molar-refractivity contribution in [3.63, 3.8) is 0 Å². The molecule has 0 unspecified atom stereocenters. The first-order chi connectivity index (χ1) is 17.3. The van der Waals surface area contributed by atoms with Gasteiger partial charge in [0.15, 0.2) is 5.17 Å². The Hall–Kier alpha value is -2.94. The van der Waals surface area contributed by atoms with E-state index in [1.54, 1.807) is 29.3 Å². The van der Waals surface area contributed by atoms with E-state index >= 15 is 0 Å². The summed E-state index contributed by atoms with van der Waals surface area (Å²) in [7, 11) is 0. The molecule has 0 aromatic heterocycles. The smallest absolute Gasteiger partial charge is 0.247 e. The van der Waals surface area contributed by atoms with Crippen LogP contribution in [0.25, 0.3) is 0 Å². The van der Waals surface area contributed by atoms with E-state index in [2.05, 4.69) is 15.9 Å². The van der Waals surface area contributed by atoms with Crippen LogP contribution in [-0.2, 0) is 9.59 Å². The fourth-order valence-electron chi connectivity index (χ4n) is 4.31. The second-order valence-corrected chi connectivity index (χ2v) is 11.2. The summed E-state index contributed by atoms with van der Waals surface area (Å²) in [6, 6.07) is 22.5. The summed E-state index contributed by atoms with van der Waals surface area (Å²) in [5.41, 5.74) is 4.55. The van der Waals surface area contributed by atoms with E-state index in [4.69, 9.17) is 22.1 Å². The zero-order valence-corrected chi connectivity index (χ0v) is 22.5. The van der Waals surface area contributed by atoms with Gasteiger partial charge in [-0.2, -0.15) is 5.10 Å². The topological polar surface area (TPSA) is 76.8 Å². The first kappa shape index (κ1) is 24.7. The zero-order valence-electron chi connectivity index (χ0n) is 19.3. The molecule has 0 spiro atoms. The summed E-state index contributed by atoms with van der Waals surface area (Å²) in [5, 5.41) is 15.3. The van der Waals surface area contributed by atoms with Crippen LogP contribution in [0.4, 0.5) is 5.69 Å². The van der Waals surface area contributed by atoms with Crippen molar-refractivity contribution in [2.75, 3.05) is 4.90 Å². The van der Waals surface area contributed by atoms with Crippen molar-refractivity contribution in [3.8, 4) is 0 Å². The van der Waals surface area contributed by atoms with Gasteiger partial charge in [-0.25, -0.2) is 9.91 Å². The first-order valence-corrected chi connectivity index (χ1v) is 13.4. The predicted molar refractivity (Wildman–Crippen MR) is 149 cm³/mol. The van der Waals surface area contributed by atoms with Crippen LogP contribution in [0.15, 0.2) is 82.4 Å². The largest absolute Gasteiger partial charge is 0.277 e. The Kier molecular flexibility index (Phi) is 7.01. The number of benzene rings is 3. The molecule has 5 rings (SSSR count). The number of halogens is 2. The number of nitrogens with one attached hydrogen (secondary N) is 1. The standard InChI is InChI=1S/C27H22BrClN4O2S/c1-16-2-4-17(5-3-16)22-14-23(18-6-8-19(28)9-7-18)33(31-22)27(30)36-24-15-25(34)32(26(24)35)21-12-10-20(29)11-13-21/h2-13,23-24,30H,14-15H2,1H3/t23-,24+/m1/s1. The molecule has 1 fully saturated rings. The number of nitrogens with zero attached hydrogens (tertiary/aromatic N) is 3. The minimum atomic E-state index is -0.690. The number of hydrazone groups is 1. The Morgan fingerprint density at radius 2 is 1.67 bits per heavy atom. The van der Waals surface area contributed by atoms with Crippen LogP contribution in [0.1, 0.15) is 35.6 Å². The van der Waals surface area contributed by atoms with Crippen molar-refractivity contribution in [2.24, 2.45) is 5.10 Å². The molecule has 0 saturated carbocycles. The second-order valence-electron chi connectivity index (χ2n) is 8.69. The molecule has 2 aliphatic heterocycles. The number of carbonyl (C=O) groups is 2. The summed E-state index contributed by atoms with van der Waals surface area (Å²) < 4.78 is 0.970. The molecule has 0 bridgehead atoms. The van der Waals surface area contributed by atoms with Crippen molar-refractivity contribution < 1.29 is 9.59 Å². The molecule has 9 heteroatoms. The lowest BCUT2D eigenvalue weighted by Crippen LogP contribution is -2.32. The molecule has 0 aliphatic carbocycles. The molecule has 2 atom stereocenters. The molecule has 182 valence electrons. The fourth-order valence-corrected chi connectivity index (χ4v) is 5.68. The van der Waals surface area contributed by atoms with Gasteiger partial charge in [0, 0.05) is 22.3 Å². The van der Waals surface area contributed by atoms with E-state index in [-0.39, 0.29) is 29.4 Å². The van der Waals surface area contributed by atoms with Crippen LogP contribution in [0.3, 0.4) is 0 Å². The van der Waals surface area contributed by atoms with Crippen LogP contribution in [-0.4, -0.2) is 33.0 Å². The number of anilines is 1. The van der Waals surface area contributed by atoms with Gasteiger partial charge in [0.1, 0.15) is 5.25 Å².